The third kappa shape index (κ3) is 2.83. The molecule has 0 spiro atoms. The van der Waals surface area contributed by atoms with E-state index in [1.165, 1.54) is 18.3 Å². The Kier molecular flexibility index (Phi) is 3.42. The number of hydrogen-bond donors (Lipinski definition) is 2. The normalized spacial score (nSPS) is 17.3. The predicted molar refractivity (Wildman–Crippen MR) is 70.2 cm³/mol. The fourth-order valence-corrected chi connectivity index (χ4v) is 2.27. The van der Waals surface area contributed by atoms with Gasteiger partial charge in [0.25, 0.3) is 0 Å². The van der Waals surface area contributed by atoms with Crippen LogP contribution in [-0.2, 0) is 0 Å². The van der Waals surface area contributed by atoms with E-state index in [4.69, 9.17) is 5.11 Å². The van der Waals surface area contributed by atoms with E-state index < -0.39 is 5.97 Å². The van der Waals surface area contributed by atoms with Crippen LogP contribution in [0.1, 0.15) is 37.2 Å². The molecule has 0 radical (unpaired) electrons. The van der Waals surface area contributed by atoms with Gasteiger partial charge in [-0.3, -0.25) is 0 Å². The predicted octanol–water partition coefficient (Wildman–Crippen LogP) is 2.19. The van der Waals surface area contributed by atoms with Crippen molar-refractivity contribution in [2.75, 3.05) is 11.9 Å². The van der Waals surface area contributed by atoms with Crippen molar-refractivity contribution >= 4 is 17.7 Å². The molecule has 1 aliphatic heterocycles. The summed E-state index contributed by atoms with van der Waals surface area (Å²) in [6.07, 6.45) is 3.33. The maximum Gasteiger partial charge on any atom is 0.354 e. The second kappa shape index (κ2) is 4.87. The van der Waals surface area contributed by atoms with Gasteiger partial charge in [-0.25, -0.2) is 14.6 Å². The summed E-state index contributed by atoms with van der Waals surface area (Å²) in [6, 6.07) is 2.73. The molecule has 0 saturated carbocycles. The van der Waals surface area contributed by atoms with Gasteiger partial charge < -0.3 is 15.3 Å². The highest BCUT2D eigenvalue weighted by molar-refractivity contribution is 5.90. The molecule has 1 aromatic rings. The highest BCUT2D eigenvalue weighted by Gasteiger charge is 2.35. The van der Waals surface area contributed by atoms with Crippen LogP contribution in [0.15, 0.2) is 18.3 Å². The second-order valence-corrected chi connectivity index (χ2v) is 5.24. The summed E-state index contributed by atoms with van der Waals surface area (Å²) in [7, 11) is 0. The van der Waals surface area contributed by atoms with Crippen LogP contribution in [0, 0.1) is 0 Å². The van der Waals surface area contributed by atoms with Gasteiger partial charge in [-0.2, -0.15) is 0 Å². The average Bonchev–Trinajstić information content (AvgIpc) is 2.69. The molecule has 1 fully saturated rings. The number of carboxylic acid groups (broad SMARTS) is 1. The molecular formula is C13H17N3O3. The zero-order valence-electron chi connectivity index (χ0n) is 11.0. The Balaban J connectivity index is 2.05. The first-order valence-corrected chi connectivity index (χ1v) is 6.18. The number of hydrogen-bond acceptors (Lipinski definition) is 3. The van der Waals surface area contributed by atoms with Gasteiger partial charge in [0.1, 0.15) is 5.69 Å². The van der Waals surface area contributed by atoms with Gasteiger partial charge in [0.05, 0.1) is 11.9 Å². The van der Waals surface area contributed by atoms with Crippen molar-refractivity contribution in [1.29, 1.82) is 0 Å². The van der Waals surface area contributed by atoms with E-state index in [2.05, 4.69) is 10.3 Å². The zero-order valence-corrected chi connectivity index (χ0v) is 11.0. The molecule has 19 heavy (non-hydrogen) atoms. The van der Waals surface area contributed by atoms with Crippen LogP contribution < -0.4 is 5.32 Å². The first kappa shape index (κ1) is 13.3. The van der Waals surface area contributed by atoms with E-state index in [9.17, 15) is 9.59 Å². The maximum absolute atomic E-state index is 12.1. The Labute approximate surface area is 111 Å². The lowest BCUT2D eigenvalue weighted by molar-refractivity contribution is 0.0690. The first-order valence-electron chi connectivity index (χ1n) is 6.18. The van der Waals surface area contributed by atoms with E-state index in [0.29, 0.717) is 5.69 Å². The molecule has 102 valence electrons. The number of carbonyl (C=O) groups is 2. The largest absolute Gasteiger partial charge is 0.477 e. The number of rotatable bonds is 2. The van der Waals surface area contributed by atoms with Crippen molar-refractivity contribution in [3.05, 3.63) is 24.0 Å². The number of carboxylic acids is 1. The summed E-state index contributed by atoms with van der Waals surface area (Å²) >= 11 is 0. The lowest BCUT2D eigenvalue weighted by Crippen LogP contribution is -2.44. The molecule has 2 rings (SSSR count). The number of nitrogens with zero attached hydrogens (tertiary/aromatic N) is 2. The number of carbonyl (C=O) groups excluding carboxylic acids is 1. The molecule has 0 unspecified atom stereocenters. The van der Waals surface area contributed by atoms with Crippen LogP contribution in [0.2, 0.25) is 0 Å². The Bertz CT molecular complexity index is 496. The van der Waals surface area contributed by atoms with Gasteiger partial charge >= 0.3 is 12.0 Å². The summed E-state index contributed by atoms with van der Waals surface area (Å²) in [5.41, 5.74) is 0.315. The molecule has 0 aromatic carbocycles. The molecule has 2 amide bonds. The average molecular weight is 263 g/mol. The van der Waals surface area contributed by atoms with Crippen LogP contribution in [0.4, 0.5) is 10.5 Å². The van der Waals surface area contributed by atoms with Gasteiger partial charge in [0.2, 0.25) is 0 Å². The Morgan fingerprint density at radius 1 is 1.42 bits per heavy atom. The lowest BCUT2D eigenvalue weighted by Gasteiger charge is -2.31. The summed E-state index contributed by atoms with van der Waals surface area (Å²) in [5, 5.41) is 11.5. The maximum atomic E-state index is 12.1. The molecule has 2 heterocycles. The van der Waals surface area contributed by atoms with Crippen LogP contribution in [0.5, 0.6) is 0 Å². The van der Waals surface area contributed by atoms with Crippen LogP contribution in [-0.4, -0.2) is 39.1 Å². The van der Waals surface area contributed by atoms with E-state index >= 15 is 0 Å². The molecule has 0 aliphatic carbocycles. The summed E-state index contributed by atoms with van der Waals surface area (Å²) in [4.78, 5) is 28.3. The van der Waals surface area contributed by atoms with Crippen molar-refractivity contribution in [3.63, 3.8) is 0 Å². The topological polar surface area (TPSA) is 82.5 Å². The van der Waals surface area contributed by atoms with E-state index in [-0.39, 0.29) is 17.3 Å². The summed E-state index contributed by atoms with van der Waals surface area (Å²) in [5.74, 6) is -1.08. The number of likely N-dealkylation sites (tertiary alicyclic amines) is 1. The zero-order chi connectivity index (χ0) is 14.0. The van der Waals surface area contributed by atoms with Crippen molar-refractivity contribution in [1.82, 2.24) is 9.88 Å². The third-order valence-electron chi connectivity index (χ3n) is 3.38. The minimum Gasteiger partial charge on any atom is -0.477 e. The highest BCUT2D eigenvalue weighted by atomic mass is 16.4. The van der Waals surface area contributed by atoms with Crippen molar-refractivity contribution < 1.29 is 14.7 Å². The lowest BCUT2D eigenvalue weighted by atomic mass is 10.0. The number of urea groups is 1. The van der Waals surface area contributed by atoms with E-state index in [0.717, 1.165) is 19.4 Å². The van der Waals surface area contributed by atoms with Crippen molar-refractivity contribution in [2.45, 2.75) is 32.2 Å². The number of nitrogens with one attached hydrogen (secondary N) is 1. The Hall–Kier alpha value is -2.11. The minimum atomic E-state index is -1.08. The standard InChI is InChI=1S/C13H17N3O3/c1-13(2)6-3-7-16(13)12(19)15-9-4-5-10(11(17)18)14-8-9/h4-5,8H,3,6-7H2,1-2H3,(H,15,19)(H,17,18). The third-order valence-corrected chi connectivity index (χ3v) is 3.38. The first-order chi connectivity index (χ1) is 8.90. The highest BCUT2D eigenvalue weighted by Crippen LogP contribution is 2.28. The minimum absolute atomic E-state index is 0.0421. The van der Waals surface area contributed by atoms with Crippen LogP contribution >= 0.6 is 0 Å². The smallest absolute Gasteiger partial charge is 0.354 e. The summed E-state index contributed by atoms with van der Waals surface area (Å²) < 4.78 is 0. The van der Waals surface area contributed by atoms with Gasteiger partial charge in [-0.15, -0.1) is 0 Å². The fraction of sp³-hybridized carbons (Fsp3) is 0.462. The van der Waals surface area contributed by atoms with Gasteiger partial charge in [-0.05, 0) is 38.8 Å². The van der Waals surface area contributed by atoms with Gasteiger partial charge in [-0.1, -0.05) is 0 Å². The number of anilines is 1. The van der Waals surface area contributed by atoms with Crippen molar-refractivity contribution in [3.8, 4) is 0 Å². The SMILES string of the molecule is CC1(C)CCCN1C(=O)Nc1ccc(C(=O)O)nc1. The molecule has 0 atom stereocenters. The number of aromatic nitrogens is 1. The molecule has 1 saturated heterocycles. The monoisotopic (exact) mass is 263 g/mol. The molecular weight excluding hydrogens is 246 g/mol. The number of amides is 2. The van der Waals surface area contributed by atoms with E-state index in [1.54, 1.807) is 4.90 Å². The van der Waals surface area contributed by atoms with Crippen LogP contribution in [0.3, 0.4) is 0 Å². The molecule has 1 aromatic heterocycles. The number of pyridine rings is 1. The van der Waals surface area contributed by atoms with Gasteiger partial charge in [0.15, 0.2) is 0 Å². The quantitative estimate of drug-likeness (QED) is 0.856. The summed E-state index contributed by atoms with van der Waals surface area (Å²) in [6.45, 7) is 4.80. The second-order valence-electron chi connectivity index (χ2n) is 5.24. The van der Waals surface area contributed by atoms with Crippen molar-refractivity contribution in [2.24, 2.45) is 0 Å². The van der Waals surface area contributed by atoms with Gasteiger partial charge in [0, 0.05) is 12.1 Å². The fourth-order valence-electron chi connectivity index (χ4n) is 2.27. The molecule has 0 bridgehead atoms. The van der Waals surface area contributed by atoms with Crippen LogP contribution in [0.25, 0.3) is 0 Å². The molecule has 6 heteroatoms. The molecule has 6 nitrogen and oxygen atoms in total. The van der Waals surface area contributed by atoms with E-state index in [1.807, 2.05) is 13.8 Å². The Morgan fingerprint density at radius 3 is 2.63 bits per heavy atom. The Morgan fingerprint density at radius 2 is 2.16 bits per heavy atom. The number of aromatic carboxylic acids is 1. The molecule has 1 aliphatic rings. The molecule has 2 N–H and O–H groups in total.